The third-order valence-corrected chi connectivity index (χ3v) is 4.58. The zero-order valence-electron chi connectivity index (χ0n) is 16.2. The number of nitrogen functional groups attached to an aromatic ring is 1. The first-order valence-electron chi connectivity index (χ1n) is 9.62. The predicted molar refractivity (Wildman–Crippen MR) is 115 cm³/mol. The Hall–Kier alpha value is -3.22. The third-order valence-electron chi connectivity index (χ3n) is 4.58. The van der Waals surface area contributed by atoms with Crippen molar-refractivity contribution in [1.82, 2.24) is 10.3 Å². The Kier molecular flexibility index (Phi) is 7.33. The van der Waals surface area contributed by atoms with E-state index in [2.05, 4.69) is 15.6 Å². The maximum absolute atomic E-state index is 12.2. The fraction of sp³-hybridized carbons (Fsp3) is 0.217. The molecule has 1 atom stereocenters. The minimum atomic E-state index is -0.567. The van der Waals surface area contributed by atoms with Crippen LogP contribution in [0.15, 0.2) is 73.1 Å². The summed E-state index contributed by atoms with van der Waals surface area (Å²) in [5, 5.41) is 16.3. The van der Waals surface area contributed by atoms with Gasteiger partial charge in [-0.2, -0.15) is 0 Å². The highest BCUT2D eigenvalue weighted by molar-refractivity contribution is 5.92. The smallest absolute Gasteiger partial charge is 0.228 e. The van der Waals surface area contributed by atoms with Crippen LogP contribution in [-0.2, 0) is 17.6 Å². The second-order valence-corrected chi connectivity index (χ2v) is 6.92. The van der Waals surface area contributed by atoms with Crippen LogP contribution in [0.1, 0.15) is 22.8 Å². The zero-order valence-corrected chi connectivity index (χ0v) is 16.2. The molecule has 3 aromatic rings. The molecule has 2 aromatic carbocycles. The average Bonchev–Trinajstić information content (AvgIpc) is 2.74. The van der Waals surface area contributed by atoms with Gasteiger partial charge in [0, 0.05) is 35.9 Å². The zero-order chi connectivity index (χ0) is 20.5. The summed E-state index contributed by atoms with van der Waals surface area (Å²) in [6.07, 6.45) is 3.94. The lowest BCUT2D eigenvalue weighted by Crippen LogP contribution is -2.23. The number of aliphatic hydroxyl groups excluding tert-OH is 1. The van der Waals surface area contributed by atoms with Gasteiger partial charge in [0.05, 0.1) is 12.5 Å². The number of rotatable bonds is 9. The van der Waals surface area contributed by atoms with Crippen molar-refractivity contribution in [3.63, 3.8) is 0 Å². The van der Waals surface area contributed by atoms with Crippen LogP contribution in [0, 0.1) is 0 Å². The molecule has 0 aliphatic carbocycles. The summed E-state index contributed by atoms with van der Waals surface area (Å²) in [5.41, 5.74) is 10.0. The number of anilines is 2. The molecule has 5 N–H and O–H groups in total. The van der Waals surface area contributed by atoms with Crippen LogP contribution in [-0.4, -0.2) is 29.1 Å². The van der Waals surface area contributed by atoms with Gasteiger partial charge in [-0.3, -0.25) is 9.78 Å². The summed E-state index contributed by atoms with van der Waals surface area (Å²) in [6.45, 7) is 1.23. The van der Waals surface area contributed by atoms with Crippen molar-refractivity contribution in [3.05, 3.63) is 89.7 Å². The first-order chi connectivity index (χ1) is 14.1. The Labute approximate surface area is 170 Å². The fourth-order valence-electron chi connectivity index (χ4n) is 2.94. The second-order valence-electron chi connectivity index (χ2n) is 6.92. The van der Waals surface area contributed by atoms with Gasteiger partial charge >= 0.3 is 0 Å². The second kappa shape index (κ2) is 10.4. The summed E-state index contributed by atoms with van der Waals surface area (Å²) in [6, 6.07) is 18.8. The van der Waals surface area contributed by atoms with E-state index < -0.39 is 6.10 Å². The Bertz CT molecular complexity index is 896. The number of amides is 1. The molecule has 0 saturated carbocycles. The van der Waals surface area contributed by atoms with Crippen LogP contribution in [0.5, 0.6) is 0 Å². The Morgan fingerprint density at radius 1 is 1.03 bits per heavy atom. The molecule has 6 heteroatoms. The van der Waals surface area contributed by atoms with Crippen LogP contribution in [0.3, 0.4) is 0 Å². The van der Waals surface area contributed by atoms with Crippen LogP contribution in [0.25, 0.3) is 0 Å². The molecule has 29 heavy (non-hydrogen) atoms. The molecule has 0 bridgehead atoms. The summed E-state index contributed by atoms with van der Waals surface area (Å²) in [4.78, 5) is 16.2. The number of nitrogens with zero attached hydrogens (tertiary/aromatic N) is 1. The quantitative estimate of drug-likeness (QED) is 0.332. The number of carbonyl (C=O) groups excluding carboxylic acids is 1. The van der Waals surface area contributed by atoms with Gasteiger partial charge in [-0.15, -0.1) is 0 Å². The van der Waals surface area contributed by atoms with Crippen molar-refractivity contribution in [2.24, 2.45) is 0 Å². The van der Waals surface area contributed by atoms with Gasteiger partial charge in [0.15, 0.2) is 0 Å². The Balaban J connectivity index is 1.39. The van der Waals surface area contributed by atoms with Gasteiger partial charge in [0.2, 0.25) is 5.91 Å². The van der Waals surface area contributed by atoms with Crippen molar-refractivity contribution in [2.75, 3.05) is 24.1 Å². The highest BCUT2D eigenvalue weighted by Crippen LogP contribution is 2.12. The van der Waals surface area contributed by atoms with Crippen LogP contribution in [0.2, 0.25) is 0 Å². The lowest BCUT2D eigenvalue weighted by Gasteiger charge is -2.12. The highest BCUT2D eigenvalue weighted by Gasteiger charge is 2.07. The number of hydrogen-bond donors (Lipinski definition) is 4. The monoisotopic (exact) mass is 390 g/mol. The number of aromatic nitrogens is 1. The maximum atomic E-state index is 12.2. The molecule has 0 aliphatic rings. The fourth-order valence-corrected chi connectivity index (χ4v) is 2.94. The van der Waals surface area contributed by atoms with E-state index in [1.165, 1.54) is 0 Å². The van der Waals surface area contributed by atoms with Crippen LogP contribution >= 0.6 is 0 Å². The maximum Gasteiger partial charge on any atom is 0.228 e. The number of nitrogens with one attached hydrogen (secondary N) is 2. The van der Waals surface area contributed by atoms with Crippen molar-refractivity contribution in [3.8, 4) is 0 Å². The Morgan fingerprint density at radius 3 is 2.45 bits per heavy atom. The van der Waals surface area contributed by atoms with Crippen molar-refractivity contribution in [1.29, 1.82) is 0 Å². The van der Waals surface area contributed by atoms with Gasteiger partial charge in [-0.1, -0.05) is 30.3 Å². The van der Waals surface area contributed by atoms with Gasteiger partial charge in [0.25, 0.3) is 0 Å². The molecule has 1 amide bonds. The molecular weight excluding hydrogens is 364 g/mol. The minimum Gasteiger partial charge on any atom is -0.399 e. The first kappa shape index (κ1) is 20.5. The molecule has 150 valence electrons. The molecule has 1 aromatic heterocycles. The molecular formula is C23H26N4O2. The molecule has 0 radical (unpaired) electrons. The number of nitrogens with two attached hydrogens (primary N) is 1. The summed E-state index contributed by atoms with van der Waals surface area (Å²) < 4.78 is 0. The van der Waals surface area contributed by atoms with E-state index in [4.69, 9.17) is 5.73 Å². The lowest BCUT2D eigenvalue weighted by atomic mass is 10.1. The van der Waals surface area contributed by atoms with Gasteiger partial charge in [-0.05, 0) is 54.4 Å². The summed E-state index contributed by atoms with van der Waals surface area (Å²) in [7, 11) is 0. The lowest BCUT2D eigenvalue weighted by molar-refractivity contribution is -0.115. The Morgan fingerprint density at radius 2 is 1.76 bits per heavy atom. The summed E-state index contributed by atoms with van der Waals surface area (Å²) in [5.74, 6) is -0.0615. The molecule has 3 rings (SSSR count). The number of hydrogen-bond acceptors (Lipinski definition) is 5. The topological polar surface area (TPSA) is 100 Å². The van der Waals surface area contributed by atoms with E-state index in [0.29, 0.717) is 18.7 Å². The van der Waals surface area contributed by atoms with Gasteiger partial charge in [-0.25, -0.2) is 0 Å². The molecule has 0 spiro atoms. The van der Waals surface area contributed by atoms with E-state index >= 15 is 0 Å². The predicted octanol–water partition coefficient (Wildman–Crippen LogP) is 2.71. The number of aliphatic hydroxyl groups is 1. The molecule has 1 unspecified atom stereocenters. The van der Waals surface area contributed by atoms with E-state index in [0.717, 1.165) is 35.3 Å². The summed E-state index contributed by atoms with van der Waals surface area (Å²) >= 11 is 0. The van der Waals surface area contributed by atoms with Gasteiger partial charge < -0.3 is 21.5 Å². The van der Waals surface area contributed by atoms with Crippen LogP contribution < -0.4 is 16.4 Å². The standard InChI is InChI=1S/C23H26N4O2/c24-20-7-3-18(4-8-20)14-23(29)27-21-9-5-17(6-10-21)11-13-26-16-22(28)19-2-1-12-25-15-19/h1-10,12,15,22,26,28H,11,13-14,16,24H2,(H,27,29). The van der Waals surface area contributed by atoms with E-state index in [1.54, 1.807) is 24.5 Å². The van der Waals surface area contributed by atoms with Gasteiger partial charge in [0.1, 0.15) is 0 Å². The highest BCUT2D eigenvalue weighted by atomic mass is 16.3. The first-order valence-corrected chi connectivity index (χ1v) is 9.62. The molecule has 0 fully saturated rings. The van der Waals surface area contributed by atoms with Crippen molar-refractivity contribution in [2.45, 2.75) is 18.9 Å². The normalized spacial score (nSPS) is 11.8. The molecule has 0 saturated heterocycles. The average molecular weight is 390 g/mol. The minimum absolute atomic E-state index is 0.0615. The number of carbonyl (C=O) groups is 1. The largest absolute Gasteiger partial charge is 0.399 e. The van der Waals surface area contributed by atoms with E-state index in [9.17, 15) is 9.90 Å². The number of benzene rings is 2. The molecule has 6 nitrogen and oxygen atoms in total. The number of pyridine rings is 1. The van der Waals surface area contributed by atoms with E-state index in [-0.39, 0.29) is 5.91 Å². The third kappa shape index (κ3) is 6.71. The van der Waals surface area contributed by atoms with Crippen molar-refractivity contribution < 1.29 is 9.90 Å². The SMILES string of the molecule is Nc1ccc(CC(=O)Nc2ccc(CCNCC(O)c3cccnc3)cc2)cc1. The molecule has 1 heterocycles. The van der Waals surface area contributed by atoms with E-state index in [1.807, 2.05) is 48.5 Å². The van der Waals surface area contributed by atoms with Crippen LogP contribution in [0.4, 0.5) is 11.4 Å². The molecule has 0 aliphatic heterocycles. The van der Waals surface area contributed by atoms with Crippen molar-refractivity contribution >= 4 is 17.3 Å².